The van der Waals surface area contributed by atoms with Gasteiger partial charge in [-0.3, -0.25) is 0 Å². The molecule has 0 saturated heterocycles. The highest BCUT2D eigenvalue weighted by Gasteiger charge is 2.28. The van der Waals surface area contributed by atoms with Crippen LogP contribution in [-0.2, 0) is 5.41 Å². The summed E-state index contributed by atoms with van der Waals surface area (Å²) in [5.74, 6) is -1.06. The summed E-state index contributed by atoms with van der Waals surface area (Å²) in [4.78, 5) is 11.2. The maximum atomic E-state index is 11.2. The predicted octanol–water partition coefficient (Wildman–Crippen LogP) is 4.08. The molecule has 0 unspecified atom stereocenters. The lowest BCUT2D eigenvalue weighted by Crippen LogP contribution is -2.15. The van der Waals surface area contributed by atoms with Crippen LogP contribution in [0.2, 0.25) is 5.02 Å². The van der Waals surface area contributed by atoms with Gasteiger partial charge in [0, 0.05) is 16.0 Å². The molecule has 2 aromatic rings. The Balaban J connectivity index is 2.87. The van der Waals surface area contributed by atoms with Gasteiger partial charge in [0.1, 0.15) is 5.58 Å². The van der Waals surface area contributed by atoms with Crippen molar-refractivity contribution in [3.8, 4) is 0 Å². The van der Waals surface area contributed by atoms with E-state index in [1.54, 1.807) is 18.2 Å². The second-order valence-corrected chi connectivity index (χ2v) is 5.44. The van der Waals surface area contributed by atoms with E-state index in [4.69, 9.17) is 16.0 Å². The zero-order valence-corrected chi connectivity index (χ0v) is 10.6. The number of benzene rings is 1. The summed E-state index contributed by atoms with van der Waals surface area (Å²) >= 11 is 5.94. The third kappa shape index (κ3) is 2.03. The van der Waals surface area contributed by atoms with Gasteiger partial charge in [-0.15, -0.1) is 0 Å². The standard InChI is InChI=1S/C13H13ClO3/c1-13(2,3)10-8-6-7(14)4-5-9(8)17-11(10)12(15)16/h4-6H,1-3H3,(H,15,16). The third-order valence-electron chi connectivity index (χ3n) is 2.59. The molecule has 0 bridgehead atoms. The van der Waals surface area contributed by atoms with E-state index in [2.05, 4.69) is 0 Å². The Hall–Kier alpha value is -1.48. The zero-order chi connectivity index (χ0) is 12.8. The van der Waals surface area contributed by atoms with Crippen molar-refractivity contribution in [2.75, 3.05) is 0 Å². The van der Waals surface area contributed by atoms with Gasteiger partial charge < -0.3 is 9.52 Å². The van der Waals surface area contributed by atoms with Crippen LogP contribution in [0.25, 0.3) is 11.0 Å². The monoisotopic (exact) mass is 252 g/mol. The molecule has 0 amide bonds. The molecule has 90 valence electrons. The summed E-state index contributed by atoms with van der Waals surface area (Å²) in [5, 5.41) is 10.5. The first-order chi connectivity index (χ1) is 7.80. The molecule has 0 atom stereocenters. The highest BCUT2D eigenvalue weighted by molar-refractivity contribution is 6.31. The van der Waals surface area contributed by atoms with Crippen molar-refractivity contribution in [3.05, 3.63) is 34.5 Å². The number of aromatic carboxylic acids is 1. The first kappa shape index (κ1) is 12.0. The Labute approximate surface area is 104 Å². The summed E-state index contributed by atoms with van der Waals surface area (Å²) in [6.45, 7) is 5.85. The average molecular weight is 253 g/mol. The van der Waals surface area contributed by atoms with E-state index in [1.807, 2.05) is 20.8 Å². The molecule has 1 aromatic heterocycles. The molecular weight excluding hydrogens is 240 g/mol. The van der Waals surface area contributed by atoms with Gasteiger partial charge in [-0.2, -0.15) is 0 Å². The van der Waals surface area contributed by atoms with Crippen LogP contribution in [0, 0.1) is 0 Å². The van der Waals surface area contributed by atoms with Crippen LogP contribution >= 0.6 is 11.6 Å². The normalized spacial score (nSPS) is 12.0. The Bertz CT molecular complexity index is 590. The Morgan fingerprint density at radius 2 is 2.00 bits per heavy atom. The molecule has 2 rings (SSSR count). The maximum absolute atomic E-state index is 11.2. The van der Waals surface area contributed by atoms with Crippen molar-refractivity contribution in [1.29, 1.82) is 0 Å². The minimum Gasteiger partial charge on any atom is -0.475 e. The van der Waals surface area contributed by atoms with Gasteiger partial charge >= 0.3 is 5.97 Å². The number of halogens is 1. The maximum Gasteiger partial charge on any atom is 0.372 e. The highest BCUT2D eigenvalue weighted by Crippen LogP contribution is 2.36. The summed E-state index contributed by atoms with van der Waals surface area (Å²) in [7, 11) is 0. The van der Waals surface area contributed by atoms with E-state index in [9.17, 15) is 9.90 Å². The van der Waals surface area contributed by atoms with Crippen molar-refractivity contribution in [3.63, 3.8) is 0 Å². The minimum absolute atomic E-state index is 0.00485. The highest BCUT2D eigenvalue weighted by atomic mass is 35.5. The van der Waals surface area contributed by atoms with Gasteiger partial charge in [0.15, 0.2) is 0 Å². The summed E-state index contributed by atoms with van der Waals surface area (Å²) in [5.41, 5.74) is 0.920. The Morgan fingerprint density at radius 3 is 2.53 bits per heavy atom. The van der Waals surface area contributed by atoms with Gasteiger partial charge in [0.25, 0.3) is 0 Å². The molecule has 1 aromatic carbocycles. The van der Waals surface area contributed by atoms with E-state index in [0.717, 1.165) is 5.39 Å². The molecule has 4 heteroatoms. The van der Waals surface area contributed by atoms with Crippen LogP contribution < -0.4 is 0 Å². The van der Waals surface area contributed by atoms with Crippen molar-refractivity contribution in [2.45, 2.75) is 26.2 Å². The number of rotatable bonds is 1. The molecule has 0 aliphatic heterocycles. The molecule has 3 nitrogen and oxygen atoms in total. The first-order valence-corrected chi connectivity index (χ1v) is 5.64. The van der Waals surface area contributed by atoms with E-state index < -0.39 is 5.97 Å². The number of carbonyl (C=O) groups is 1. The largest absolute Gasteiger partial charge is 0.475 e. The average Bonchev–Trinajstić information content (AvgIpc) is 2.55. The van der Waals surface area contributed by atoms with Crippen molar-refractivity contribution < 1.29 is 14.3 Å². The smallest absolute Gasteiger partial charge is 0.372 e. The van der Waals surface area contributed by atoms with E-state index in [0.29, 0.717) is 16.2 Å². The van der Waals surface area contributed by atoms with Crippen LogP contribution in [0.5, 0.6) is 0 Å². The number of hydrogen-bond acceptors (Lipinski definition) is 2. The second kappa shape index (κ2) is 3.77. The van der Waals surface area contributed by atoms with Crippen molar-refractivity contribution >= 4 is 28.5 Å². The van der Waals surface area contributed by atoms with Gasteiger partial charge in [-0.25, -0.2) is 4.79 Å². The number of hydrogen-bond donors (Lipinski definition) is 1. The fourth-order valence-electron chi connectivity index (χ4n) is 1.97. The molecule has 0 aliphatic rings. The summed E-state index contributed by atoms with van der Waals surface area (Å²) < 4.78 is 5.38. The third-order valence-corrected chi connectivity index (χ3v) is 2.83. The Kier molecular flexibility index (Phi) is 2.66. The second-order valence-electron chi connectivity index (χ2n) is 5.00. The molecule has 0 fully saturated rings. The number of furan rings is 1. The fraction of sp³-hybridized carbons (Fsp3) is 0.308. The van der Waals surface area contributed by atoms with Gasteiger partial charge in [-0.1, -0.05) is 32.4 Å². The number of carboxylic acids is 1. The minimum atomic E-state index is -1.05. The van der Waals surface area contributed by atoms with Crippen LogP contribution in [0.15, 0.2) is 22.6 Å². The van der Waals surface area contributed by atoms with Crippen molar-refractivity contribution in [2.24, 2.45) is 0 Å². The van der Waals surface area contributed by atoms with E-state index >= 15 is 0 Å². The molecule has 0 spiro atoms. The number of carboxylic acid groups (broad SMARTS) is 1. The molecule has 1 N–H and O–H groups in total. The predicted molar refractivity (Wildman–Crippen MR) is 66.9 cm³/mol. The van der Waals surface area contributed by atoms with Crippen molar-refractivity contribution in [1.82, 2.24) is 0 Å². The first-order valence-electron chi connectivity index (χ1n) is 5.26. The lowest BCUT2D eigenvalue weighted by Gasteiger charge is -2.17. The molecule has 1 heterocycles. The van der Waals surface area contributed by atoms with Gasteiger partial charge in [0.05, 0.1) is 0 Å². The van der Waals surface area contributed by atoms with Crippen LogP contribution in [0.1, 0.15) is 36.9 Å². The molecule has 0 radical (unpaired) electrons. The molecule has 0 aliphatic carbocycles. The Morgan fingerprint density at radius 1 is 1.35 bits per heavy atom. The number of fused-ring (bicyclic) bond motifs is 1. The lowest BCUT2D eigenvalue weighted by atomic mass is 9.85. The quantitative estimate of drug-likeness (QED) is 0.832. The topological polar surface area (TPSA) is 50.4 Å². The molecule has 0 saturated carbocycles. The zero-order valence-electron chi connectivity index (χ0n) is 9.87. The lowest BCUT2D eigenvalue weighted by molar-refractivity contribution is 0.0661. The fourth-order valence-corrected chi connectivity index (χ4v) is 2.14. The molecule has 17 heavy (non-hydrogen) atoms. The van der Waals surface area contributed by atoms with Gasteiger partial charge in [0.2, 0.25) is 5.76 Å². The van der Waals surface area contributed by atoms with Gasteiger partial charge in [-0.05, 0) is 23.6 Å². The SMILES string of the molecule is CC(C)(C)c1c(C(=O)O)oc2ccc(Cl)cc12. The van der Waals surface area contributed by atoms with Crippen LogP contribution in [0.3, 0.4) is 0 Å². The van der Waals surface area contributed by atoms with E-state index in [-0.39, 0.29) is 11.2 Å². The van der Waals surface area contributed by atoms with E-state index in [1.165, 1.54) is 0 Å². The van der Waals surface area contributed by atoms with Crippen LogP contribution in [0.4, 0.5) is 0 Å². The molecular formula is C13H13ClO3. The summed E-state index contributed by atoms with van der Waals surface area (Å²) in [6, 6.07) is 5.12. The van der Waals surface area contributed by atoms with Crippen LogP contribution in [-0.4, -0.2) is 11.1 Å². The summed E-state index contributed by atoms with van der Waals surface area (Å²) in [6.07, 6.45) is 0.